The van der Waals surface area contributed by atoms with Crippen LogP contribution in [0.2, 0.25) is 5.02 Å². The van der Waals surface area contributed by atoms with Gasteiger partial charge in [-0.05, 0) is 37.5 Å². The molecule has 1 amide bonds. The number of hydrogen-bond donors (Lipinski definition) is 1. The largest absolute Gasteiger partial charge is 0.485 e. The molecule has 0 atom stereocenters. The van der Waals surface area contributed by atoms with E-state index in [4.69, 9.17) is 27.1 Å². The Morgan fingerprint density at radius 1 is 1.36 bits per heavy atom. The Labute approximate surface area is 174 Å². The number of para-hydroxylation sites is 1. The van der Waals surface area contributed by atoms with Crippen LogP contribution in [-0.2, 0) is 13.2 Å². The van der Waals surface area contributed by atoms with Crippen LogP contribution in [0.3, 0.4) is 0 Å². The summed E-state index contributed by atoms with van der Waals surface area (Å²) in [5.74, 6) is 0.773. The fourth-order valence-electron chi connectivity index (χ4n) is 2.98. The molecule has 0 radical (unpaired) electrons. The van der Waals surface area contributed by atoms with Gasteiger partial charge < -0.3 is 15.0 Å². The first-order chi connectivity index (χ1) is 13.4. The Morgan fingerprint density at radius 3 is 2.79 bits per heavy atom. The third-order valence-corrected chi connectivity index (χ3v) is 5.70. The van der Waals surface area contributed by atoms with Gasteiger partial charge in [0, 0.05) is 17.6 Å². The predicted molar refractivity (Wildman–Crippen MR) is 114 cm³/mol. The SMILES string of the molecule is Cc1c(C(N)=O)cc(-c2csc(COc3ccccc3Cl)n2)n1CCC(C)C. The number of rotatable bonds is 8. The van der Waals surface area contributed by atoms with Gasteiger partial charge in [0.25, 0.3) is 5.91 Å². The van der Waals surface area contributed by atoms with Crippen LogP contribution in [0.5, 0.6) is 5.75 Å². The average molecular weight is 418 g/mol. The van der Waals surface area contributed by atoms with E-state index in [9.17, 15) is 4.79 Å². The van der Waals surface area contributed by atoms with Crippen molar-refractivity contribution in [1.82, 2.24) is 9.55 Å². The van der Waals surface area contributed by atoms with Crippen molar-refractivity contribution in [2.75, 3.05) is 0 Å². The molecular weight excluding hydrogens is 394 g/mol. The van der Waals surface area contributed by atoms with Crippen molar-refractivity contribution in [3.63, 3.8) is 0 Å². The number of amides is 1. The van der Waals surface area contributed by atoms with E-state index in [-0.39, 0.29) is 0 Å². The Morgan fingerprint density at radius 2 is 2.11 bits per heavy atom. The molecule has 148 valence electrons. The van der Waals surface area contributed by atoms with Gasteiger partial charge in [-0.25, -0.2) is 4.98 Å². The summed E-state index contributed by atoms with van der Waals surface area (Å²) < 4.78 is 7.92. The number of ether oxygens (including phenoxy) is 1. The number of primary amides is 1. The lowest BCUT2D eigenvalue weighted by Crippen LogP contribution is -2.13. The summed E-state index contributed by atoms with van der Waals surface area (Å²) in [6.45, 7) is 7.44. The lowest BCUT2D eigenvalue weighted by Gasteiger charge is -2.12. The molecule has 0 fully saturated rings. The van der Waals surface area contributed by atoms with E-state index < -0.39 is 5.91 Å². The molecule has 0 saturated heterocycles. The molecule has 7 heteroatoms. The fourth-order valence-corrected chi connectivity index (χ4v) is 3.87. The average Bonchev–Trinajstić information content (AvgIpc) is 3.23. The topological polar surface area (TPSA) is 70.1 Å². The predicted octanol–water partition coefficient (Wildman–Crippen LogP) is 5.30. The molecule has 1 aromatic carbocycles. The van der Waals surface area contributed by atoms with Crippen molar-refractivity contribution in [3.05, 3.63) is 57.0 Å². The summed E-state index contributed by atoms with van der Waals surface area (Å²) in [7, 11) is 0. The van der Waals surface area contributed by atoms with Gasteiger partial charge in [0.15, 0.2) is 0 Å². The van der Waals surface area contributed by atoms with E-state index in [0.717, 1.165) is 35.1 Å². The van der Waals surface area contributed by atoms with Crippen LogP contribution in [0.15, 0.2) is 35.7 Å². The maximum atomic E-state index is 11.8. The second kappa shape index (κ2) is 8.80. The molecule has 0 aliphatic carbocycles. The molecule has 2 heterocycles. The smallest absolute Gasteiger partial charge is 0.250 e. The Kier molecular flexibility index (Phi) is 6.42. The van der Waals surface area contributed by atoms with Crippen molar-refractivity contribution in [3.8, 4) is 17.1 Å². The van der Waals surface area contributed by atoms with Crippen molar-refractivity contribution >= 4 is 28.8 Å². The van der Waals surface area contributed by atoms with E-state index >= 15 is 0 Å². The van der Waals surface area contributed by atoms with E-state index in [0.29, 0.717) is 28.9 Å². The highest BCUT2D eigenvalue weighted by molar-refractivity contribution is 7.09. The summed E-state index contributed by atoms with van der Waals surface area (Å²) in [5.41, 5.74) is 8.71. The van der Waals surface area contributed by atoms with Crippen LogP contribution in [0.1, 0.15) is 41.3 Å². The Bertz CT molecular complexity index is 978. The van der Waals surface area contributed by atoms with Gasteiger partial charge in [-0.3, -0.25) is 4.79 Å². The van der Waals surface area contributed by atoms with Crippen LogP contribution in [-0.4, -0.2) is 15.5 Å². The third-order valence-electron chi connectivity index (χ3n) is 4.56. The van der Waals surface area contributed by atoms with Gasteiger partial charge in [-0.1, -0.05) is 37.6 Å². The molecule has 0 aliphatic heterocycles. The number of benzene rings is 1. The maximum Gasteiger partial charge on any atom is 0.250 e. The molecule has 0 bridgehead atoms. The number of thiazole rings is 1. The normalized spacial score (nSPS) is 11.2. The summed E-state index contributed by atoms with van der Waals surface area (Å²) in [6.07, 6.45) is 1.01. The van der Waals surface area contributed by atoms with Gasteiger partial charge >= 0.3 is 0 Å². The summed E-state index contributed by atoms with van der Waals surface area (Å²) in [4.78, 5) is 16.5. The zero-order chi connectivity index (χ0) is 20.3. The molecule has 3 aromatic rings. The molecule has 0 aliphatic rings. The number of carbonyl (C=O) groups is 1. The first kappa shape index (κ1) is 20.4. The van der Waals surface area contributed by atoms with Crippen LogP contribution in [0.4, 0.5) is 0 Å². The molecule has 2 N–H and O–H groups in total. The standard InChI is InChI=1S/C21H24ClN3O2S/c1-13(2)8-9-25-14(3)15(21(23)26)10-18(25)17-12-28-20(24-17)11-27-19-7-5-4-6-16(19)22/h4-7,10,12-13H,8-9,11H2,1-3H3,(H2,23,26). The van der Waals surface area contributed by atoms with E-state index in [1.165, 1.54) is 11.3 Å². The van der Waals surface area contributed by atoms with Gasteiger partial charge in [0.2, 0.25) is 0 Å². The van der Waals surface area contributed by atoms with Crippen LogP contribution < -0.4 is 10.5 Å². The molecule has 5 nitrogen and oxygen atoms in total. The third kappa shape index (κ3) is 4.56. The lowest BCUT2D eigenvalue weighted by molar-refractivity contribution is 0.0999. The van der Waals surface area contributed by atoms with Gasteiger partial charge in [0.1, 0.15) is 17.4 Å². The molecule has 28 heavy (non-hydrogen) atoms. The minimum absolute atomic E-state index is 0.336. The highest BCUT2D eigenvalue weighted by Gasteiger charge is 2.19. The van der Waals surface area contributed by atoms with Crippen molar-refractivity contribution < 1.29 is 9.53 Å². The minimum atomic E-state index is -0.417. The summed E-state index contributed by atoms with van der Waals surface area (Å²) >= 11 is 7.65. The number of hydrogen-bond acceptors (Lipinski definition) is 4. The fraction of sp³-hybridized carbons (Fsp3) is 0.333. The van der Waals surface area contributed by atoms with E-state index in [1.54, 1.807) is 6.07 Å². The summed E-state index contributed by atoms with van der Waals surface area (Å²) in [5, 5.41) is 3.39. The molecule has 0 unspecified atom stereocenters. The first-order valence-electron chi connectivity index (χ1n) is 9.18. The highest BCUT2D eigenvalue weighted by atomic mass is 35.5. The minimum Gasteiger partial charge on any atom is -0.485 e. The van der Waals surface area contributed by atoms with Gasteiger partial charge in [-0.2, -0.15) is 0 Å². The quantitative estimate of drug-likeness (QED) is 0.540. The van der Waals surface area contributed by atoms with Crippen molar-refractivity contribution in [2.45, 2.75) is 40.3 Å². The molecule has 2 aromatic heterocycles. The number of carbonyl (C=O) groups excluding carboxylic acids is 1. The van der Waals surface area contributed by atoms with Gasteiger partial charge in [0.05, 0.1) is 22.0 Å². The van der Waals surface area contributed by atoms with E-state index in [2.05, 4.69) is 18.4 Å². The zero-order valence-corrected chi connectivity index (χ0v) is 17.8. The molecule has 0 spiro atoms. The number of nitrogens with zero attached hydrogens (tertiary/aromatic N) is 2. The van der Waals surface area contributed by atoms with Crippen LogP contribution in [0.25, 0.3) is 11.4 Å². The number of aromatic nitrogens is 2. The van der Waals surface area contributed by atoms with E-state index in [1.807, 2.05) is 36.6 Å². The number of nitrogens with two attached hydrogens (primary N) is 1. The Balaban J connectivity index is 1.84. The van der Waals surface area contributed by atoms with Crippen LogP contribution in [0, 0.1) is 12.8 Å². The monoisotopic (exact) mass is 417 g/mol. The van der Waals surface area contributed by atoms with Crippen molar-refractivity contribution in [1.29, 1.82) is 0 Å². The zero-order valence-electron chi connectivity index (χ0n) is 16.2. The van der Waals surface area contributed by atoms with Crippen molar-refractivity contribution in [2.24, 2.45) is 11.7 Å². The summed E-state index contributed by atoms with van der Waals surface area (Å²) in [6, 6.07) is 9.20. The first-order valence-corrected chi connectivity index (χ1v) is 10.4. The highest BCUT2D eigenvalue weighted by Crippen LogP contribution is 2.29. The Hall–Kier alpha value is -2.31. The van der Waals surface area contributed by atoms with Gasteiger partial charge in [-0.15, -0.1) is 11.3 Å². The lowest BCUT2D eigenvalue weighted by atomic mass is 10.1. The molecule has 0 saturated carbocycles. The molecular formula is C21H24ClN3O2S. The van der Waals surface area contributed by atoms with Crippen LogP contribution >= 0.6 is 22.9 Å². The second-order valence-corrected chi connectivity index (χ2v) is 8.42. The number of halogens is 1. The second-order valence-electron chi connectivity index (χ2n) is 7.07. The molecule has 3 rings (SSSR count). The maximum absolute atomic E-state index is 11.8.